The van der Waals surface area contributed by atoms with Crippen molar-refractivity contribution in [2.24, 2.45) is 0 Å². The first-order valence-corrected chi connectivity index (χ1v) is 13.3. The Morgan fingerprint density at radius 2 is 1.82 bits per heavy atom. The number of methoxy groups -OCH3 is 2. The van der Waals surface area contributed by atoms with Gasteiger partial charge in [-0.1, -0.05) is 30.0 Å². The topological polar surface area (TPSA) is 93.6 Å². The van der Waals surface area contributed by atoms with Gasteiger partial charge in [-0.25, -0.2) is 9.97 Å². The zero-order valence-electron chi connectivity index (χ0n) is 22.0. The Kier molecular flexibility index (Phi) is 10.8. The minimum atomic E-state index is -4.71. The maximum absolute atomic E-state index is 13.7. The molecular formula is C27H31F3N4O4S. The maximum Gasteiger partial charge on any atom is 0.433 e. The molecule has 1 N–H and O–H groups in total. The predicted molar refractivity (Wildman–Crippen MR) is 142 cm³/mol. The summed E-state index contributed by atoms with van der Waals surface area (Å²) in [7, 11) is 3.06. The lowest BCUT2D eigenvalue weighted by atomic mass is 10.1. The molecular weight excluding hydrogens is 533 g/mol. The first kappa shape index (κ1) is 30.0. The Morgan fingerprint density at radius 3 is 2.46 bits per heavy atom. The van der Waals surface area contributed by atoms with E-state index in [0.717, 1.165) is 36.2 Å². The highest BCUT2D eigenvalue weighted by Crippen LogP contribution is 2.32. The van der Waals surface area contributed by atoms with Crippen molar-refractivity contribution in [3.05, 3.63) is 59.6 Å². The van der Waals surface area contributed by atoms with Crippen LogP contribution in [0.5, 0.6) is 11.5 Å². The molecule has 0 bridgehead atoms. The molecule has 0 atom stereocenters. The molecule has 1 saturated heterocycles. The number of benzene rings is 1. The molecule has 3 rings (SSSR count). The first-order chi connectivity index (χ1) is 18.6. The van der Waals surface area contributed by atoms with E-state index in [1.165, 1.54) is 27.3 Å². The number of thioether (sulfide) groups is 1. The maximum atomic E-state index is 13.7. The van der Waals surface area contributed by atoms with Gasteiger partial charge in [0, 0.05) is 44.0 Å². The highest BCUT2D eigenvalue weighted by Gasteiger charge is 2.34. The lowest BCUT2D eigenvalue weighted by Gasteiger charge is -2.15. The van der Waals surface area contributed by atoms with Gasteiger partial charge < -0.3 is 19.7 Å². The second-order valence-corrected chi connectivity index (χ2v) is 9.76. The van der Waals surface area contributed by atoms with Gasteiger partial charge in [0.2, 0.25) is 11.8 Å². The van der Waals surface area contributed by atoms with E-state index in [0.29, 0.717) is 31.0 Å². The summed E-state index contributed by atoms with van der Waals surface area (Å²) in [6.45, 7) is 2.71. The van der Waals surface area contributed by atoms with Gasteiger partial charge in [0.05, 0.1) is 19.9 Å². The molecule has 12 heteroatoms. The van der Waals surface area contributed by atoms with E-state index in [4.69, 9.17) is 9.47 Å². The van der Waals surface area contributed by atoms with Crippen LogP contribution in [0.2, 0.25) is 0 Å². The van der Waals surface area contributed by atoms with Crippen LogP contribution >= 0.6 is 11.8 Å². The Hall–Kier alpha value is -3.54. The molecule has 1 fully saturated rings. The molecule has 1 aliphatic heterocycles. The molecule has 0 radical (unpaired) electrons. The highest BCUT2D eigenvalue weighted by molar-refractivity contribution is 7.99. The Bertz CT molecular complexity index is 1230. The van der Waals surface area contributed by atoms with Crippen molar-refractivity contribution in [1.82, 2.24) is 20.2 Å². The summed E-state index contributed by atoms with van der Waals surface area (Å²) in [6, 6.07) is 6.24. The lowest BCUT2D eigenvalue weighted by Crippen LogP contribution is -2.27. The fraction of sp³-hybridized carbons (Fsp3) is 0.407. The molecule has 0 aliphatic carbocycles. The number of halogens is 3. The summed E-state index contributed by atoms with van der Waals surface area (Å²) in [6.07, 6.45) is 2.45. The summed E-state index contributed by atoms with van der Waals surface area (Å²) < 4.78 is 51.6. The van der Waals surface area contributed by atoms with Gasteiger partial charge in [0.15, 0.2) is 16.7 Å². The van der Waals surface area contributed by atoms with Crippen LogP contribution in [0.15, 0.2) is 47.8 Å². The smallest absolute Gasteiger partial charge is 0.433 e. The fourth-order valence-electron chi connectivity index (χ4n) is 3.85. The molecule has 1 aromatic heterocycles. The van der Waals surface area contributed by atoms with Gasteiger partial charge in [0.1, 0.15) is 5.69 Å². The molecule has 2 aromatic rings. The van der Waals surface area contributed by atoms with Crippen LogP contribution < -0.4 is 14.8 Å². The second kappa shape index (κ2) is 14.0. The molecule has 0 unspecified atom stereocenters. The van der Waals surface area contributed by atoms with E-state index in [1.54, 1.807) is 29.2 Å². The quantitative estimate of drug-likeness (QED) is 0.236. The fourth-order valence-corrected chi connectivity index (χ4v) is 4.64. The number of alkyl halides is 3. The lowest BCUT2D eigenvalue weighted by molar-refractivity contribution is -0.141. The highest BCUT2D eigenvalue weighted by atomic mass is 32.2. The zero-order valence-corrected chi connectivity index (χ0v) is 22.8. The van der Waals surface area contributed by atoms with Gasteiger partial charge in [-0.05, 0) is 43.0 Å². The molecule has 0 saturated carbocycles. The van der Waals surface area contributed by atoms with Crippen molar-refractivity contribution >= 4 is 29.1 Å². The monoisotopic (exact) mass is 564 g/mol. The van der Waals surface area contributed by atoms with Crippen LogP contribution in [0, 0.1) is 0 Å². The van der Waals surface area contributed by atoms with Gasteiger partial charge in [-0.15, -0.1) is 0 Å². The number of ether oxygens (including phenoxy) is 2. The molecule has 1 aliphatic rings. The van der Waals surface area contributed by atoms with Crippen LogP contribution in [0.3, 0.4) is 0 Å². The van der Waals surface area contributed by atoms with Crippen molar-refractivity contribution in [2.45, 2.75) is 43.9 Å². The summed E-state index contributed by atoms with van der Waals surface area (Å²) in [5.41, 5.74) is 0.0137. The summed E-state index contributed by atoms with van der Waals surface area (Å²) in [4.78, 5) is 33.6. The van der Waals surface area contributed by atoms with Crippen molar-refractivity contribution in [1.29, 1.82) is 0 Å². The van der Waals surface area contributed by atoms with Crippen LogP contribution in [0.4, 0.5) is 13.2 Å². The van der Waals surface area contributed by atoms with Gasteiger partial charge in [-0.3, -0.25) is 9.59 Å². The van der Waals surface area contributed by atoms with Crippen LogP contribution in [-0.2, 0) is 22.2 Å². The van der Waals surface area contributed by atoms with Crippen molar-refractivity contribution in [3.63, 3.8) is 0 Å². The van der Waals surface area contributed by atoms with Crippen LogP contribution in [-0.4, -0.2) is 59.7 Å². The number of carbonyl (C=O) groups is 2. The minimum Gasteiger partial charge on any atom is -0.493 e. The van der Waals surface area contributed by atoms with E-state index < -0.39 is 11.9 Å². The van der Waals surface area contributed by atoms with Gasteiger partial charge in [-0.2, -0.15) is 13.2 Å². The summed E-state index contributed by atoms with van der Waals surface area (Å²) in [5, 5.41) is 2.40. The first-order valence-electron chi connectivity index (χ1n) is 12.3. The second-order valence-electron chi connectivity index (χ2n) is 8.70. The number of amides is 2. The molecule has 210 valence electrons. The van der Waals surface area contributed by atoms with Gasteiger partial charge >= 0.3 is 6.18 Å². The third-order valence-electron chi connectivity index (χ3n) is 5.83. The average molecular weight is 565 g/mol. The number of nitrogens with one attached hydrogen (secondary N) is 1. The average Bonchev–Trinajstić information content (AvgIpc) is 3.45. The SMILES string of the molecule is COc1ccc(C/C=C\C(=C/NC(C)=O)c2cc(C(F)(F)F)nc(SCCC(=O)N3CCCC3)n2)cc1OC. The number of aromatic nitrogens is 2. The predicted octanol–water partition coefficient (Wildman–Crippen LogP) is 4.89. The van der Waals surface area contributed by atoms with E-state index in [1.807, 2.05) is 6.07 Å². The molecule has 0 spiro atoms. The number of allylic oxidation sites excluding steroid dienone is 3. The van der Waals surface area contributed by atoms with E-state index >= 15 is 0 Å². The number of likely N-dealkylation sites (tertiary alicyclic amines) is 1. The van der Waals surface area contributed by atoms with E-state index in [9.17, 15) is 22.8 Å². The molecule has 39 heavy (non-hydrogen) atoms. The molecule has 2 heterocycles. The third kappa shape index (κ3) is 9.02. The summed E-state index contributed by atoms with van der Waals surface area (Å²) >= 11 is 0.988. The Morgan fingerprint density at radius 1 is 1.10 bits per heavy atom. The minimum absolute atomic E-state index is 0.0111. The zero-order chi connectivity index (χ0) is 28.4. The van der Waals surface area contributed by atoms with E-state index in [-0.39, 0.29) is 40.4 Å². The van der Waals surface area contributed by atoms with Crippen molar-refractivity contribution < 1.29 is 32.2 Å². The van der Waals surface area contributed by atoms with Crippen molar-refractivity contribution in [2.75, 3.05) is 33.1 Å². The summed E-state index contributed by atoms with van der Waals surface area (Å²) in [5.74, 6) is 0.949. The van der Waals surface area contributed by atoms with Crippen LogP contribution in [0.1, 0.15) is 43.1 Å². The van der Waals surface area contributed by atoms with Crippen LogP contribution in [0.25, 0.3) is 5.57 Å². The molecule has 8 nitrogen and oxygen atoms in total. The number of rotatable bonds is 11. The third-order valence-corrected chi connectivity index (χ3v) is 6.68. The number of hydrogen-bond donors (Lipinski definition) is 1. The van der Waals surface area contributed by atoms with Crippen molar-refractivity contribution in [3.8, 4) is 11.5 Å². The normalized spacial score (nSPS) is 14.1. The standard InChI is InChI=1S/C27H31F3N4O4S/c1-18(35)31-17-20(8-6-7-19-9-10-22(37-2)23(15-19)38-3)21-16-24(27(28,29)30)33-26(32-21)39-14-11-25(36)34-12-4-5-13-34/h6,8-10,15-17H,4-5,7,11-14H2,1-3H3,(H,31,35)/b8-6-,20-17+. The number of nitrogens with zero attached hydrogens (tertiary/aromatic N) is 3. The molecule has 1 aromatic carbocycles. The largest absolute Gasteiger partial charge is 0.493 e. The van der Waals surface area contributed by atoms with Gasteiger partial charge in [0.25, 0.3) is 0 Å². The number of hydrogen-bond acceptors (Lipinski definition) is 7. The van der Waals surface area contributed by atoms with E-state index in [2.05, 4.69) is 15.3 Å². The molecule has 2 amide bonds. The number of carbonyl (C=O) groups excluding carboxylic acids is 2. The Labute approximate surface area is 229 Å². The Balaban J connectivity index is 1.84.